The number of nitrogens with one attached hydrogen (secondary N) is 1. The van der Waals surface area contributed by atoms with Gasteiger partial charge in [0.05, 0.1) is 12.3 Å². The van der Waals surface area contributed by atoms with Crippen molar-refractivity contribution in [1.82, 2.24) is 10.2 Å². The molecule has 2 aliphatic rings. The van der Waals surface area contributed by atoms with Gasteiger partial charge in [-0.3, -0.25) is 0 Å². The highest BCUT2D eigenvalue weighted by atomic mass is 16.5. The van der Waals surface area contributed by atoms with Crippen LogP contribution in [0.15, 0.2) is 29.3 Å². The molecule has 3 N–H and O–H groups in total. The van der Waals surface area contributed by atoms with Gasteiger partial charge in [-0.1, -0.05) is 39.0 Å². The van der Waals surface area contributed by atoms with Crippen LogP contribution in [0.3, 0.4) is 0 Å². The van der Waals surface area contributed by atoms with Crippen molar-refractivity contribution in [3.8, 4) is 5.75 Å². The predicted molar refractivity (Wildman–Crippen MR) is 122 cm³/mol. The summed E-state index contributed by atoms with van der Waals surface area (Å²) in [4.78, 5) is 7.31. The molecule has 1 aromatic rings. The molecule has 1 aromatic carbocycles. The number of rotatable bonds is 8. The van der Waals surface area contributed by atoms with Gasteiger partial charge in [0.2, 0.25) is 0 Å². The number of ether oxygens (including phenoxy) is 1. The molecule has 0 amide bonds. The summed E-state index contributed by atoms with van der Waals surface area (Å²) in [5, 5.41) is 3.51. The van der Waals surface area contributed by atoms with Gasteiger partial charge in [-0.25, -0.2) is 4.99 Å². The minimum Gasteiger partial charge on any atom is -0.494 e. The maximum atomic E-state index is 5.99. The number of guanidine groups is 1. The molecule has 162 valence electrons. The number of likely N-dealkylation sites (tertiary alicyclic amines) is 1. The van der Waals surface area contributed by atoms with Crippen molar-refractivity contribution in [3.63, 3.8) is 0 Å². The van der Waals surface area contributed by atoms with E-state index in [9.17, 15) is 0 Å². The van der Waals surface area contributed by atoms with E-state index < -0.39 is 0 Å². The summed E-state index contributed by atoms with van der Waals surface area (Å²) in [6, 6.07) is 8.23. The maximum absolute atomic E-state index is 5.99. The molecule has 1 aliphatic heterocycles. The SMILES string of the molecule is CC1CCCN(/C(=N\c2ccc(OCCC3CCCCC3)cc2)NCCCN)C1. The second-order valence-electron chi connectivity index (χ2n) is 8.83. The summed E-state index contributed by atoms with van der Waals surface area (Å²) in [5.74, 6) is 3.51. The number of nitrogens with zero attached hydrogens (tertiary/aromatic N) is 2. The van der Waals surface area contributed by atoms with Gasteiger partial charge in [0, 0.05) is 19.6 Å². The molecule has 1 heterocycles. The van der Waals surface area contributed by atoms with Crippen molar-refractivity contribution in [3.05, 3.63) is 24.3 Å². The lowest BCUT2D eigenvalue weighted by Crippen LogP contribution is -2.46. The molecule has 0 bridgehead atoms. The van der Waals surface area contributed by atoms with Crippen molar-refractivity contribution in [1.29, 1.82) is 0 Å². The number of hydrogen-bond donors (Lipinski definition) is 2. The average molecular weight is 401 g/mol. The van der Waals surface area contributed by atoms with Crippen LogP contribution in [-0.4, -0.2) is 43.6 Å². The molecule has 0 aromatic heterocycles. The minimum atomic E-state index is 0.698. The fraction of sp³-hybridized carbons (Fsp3) is 0.708. The van der Waals surface area contributed by atoms with Crippen LogP contribution in [0.4, 0.5) is 5.69 Å². The first-order valence-corrected chi connectivity index (χ1v) is 11.7. The van der Waals surface area contributed by atoms with E-state index in [2.05, 4.69) is 41.4 Å². The molecule has 2 fully saturated rings. The van der Waals surface area contributed by atoms with Gasteiger partial charge in [-0.2, -0.15) is 0 Å². The van der Waals surface area contributed by atoms with Crippen LogP contribution in [0.2, 0.25) is 0 Å². The Kier molecular flexibility index (Phi) is 9.13. The van der Waals surface area contributed by atoms with Crippen molar-refractivity contribution >= 4 is 11.6 Å². The number of piperidine rings is 1. The van der Waals surface area contributed by atoms with E-state index in [4.69, 9.17) is 15.5 Å². The molecule has 29 heavy (non-hydrogen) atoms. The third-order valence-electron chi connectivity index (χ3n) is 6.21. The molecule has 0 spiro atoms. The normalized spacial score (nSPS) is 21.2. The summed E-state index contributed by atoms with van der Waals surface area (Å²) in [6.45, 7) is 6.85. The molecular weight excluding hydrogens is 360 g/mol. The lowest BCUT2D eigenvalue weighted by atomic mass is 9.87. The molecular formula is C24H40N4O. The van der Waals surface area contributed by atoms with Gasteiger partial charge in [-0.05, 0) is 68.3 Å². The van der Waals surface area contributed by atoms with Gasteiger partial charge in [-0.15, -0.1) is 0 Å². The predicted octanol–water partition coefficient (Wildman–Crippen LogP) is 4.69. The molecule has 1 saturated heterocycles. The first-order valence-electron chi connectivity index (χ1n) is 11.7. The van der Waals surface area contributed by atoms with E-state index in [1.54, 1.807) is 0 Å². The lowest BCUT2D eigenvalue weighted by molar-refractivity contribution is 0.246. The number of aliphatic imine (C=N–C) groups is 1. The Hall–Kier alpha value is -1.75. The van der Waals surface area contributed by atoms with E-state index in [1.807, 2.05) is 0 Å². The topological polar surface area (TPSA) is 62.9 Å². The van der Waals surface area contributed by atoms with E-state index in [0.29, 0.717) is 12.5 Å². The number of hydrogen-bond acceptors (Lipinski definition) is 3. The Morgan fingerprint density at radius 1 is 1.14 bits per heavy atom. The zero-order chi connectivity index (χ0) is 20.3. The molecule has 1 aliphatic carbocycles. The fourth-order valence-electron chi connectivity index (χ4n) is 4.46. The van der Waals surface area contributed by atoms with E-state index in [0.717, 1.165) is 56.0 Å². The molecule has 0 radical (unpaired) electrons. The van der Waals surface area contributed by atoms with E-state index in [1.165, 1.54) is 51.4 Å². The molecule has 3 rings (SSSR count). The Labute approximate surface area is 177 Å². The first kappa shape index (κ1) is 21.9. The third-order valence-corrected chi connectivity index (χ3v) is 6.21. The van der Waals surface area contributed by atoms with Crippen molar-refractivity contribution in [2.75, 3.05) is 32.8 Å². The molecule has 1 saturated carbocycles. The minimum absolute atomic E-state index is 0.698. The van der Waals surface area contributed by atoms with Crippen molar-refractivity contribution in [2.45, 2.75) is 64.7 Å². The summed E-state index contributed by atoms with van der Waals surface area (Å²) in [5.41, 5.74) is 6.63. The highest BCUT2D eigenvalue weighted by Gasteiger charge is 2.19. The zero-order valence-corrected chi connectivity index (χ0v) is 18.2. The average Bonchev–Trinajstić information content (AvgIpc) is 2.75. The molecule has 5 heteroatoms. The highest BCUT2D eigenvalue weighted by molar-refractivity contribution is 5.83. The smallest absolute Gasteiger partial charge is 0.199 e. The van der Waals surface area contributed by atoms with Crippen LogP contribution in [-0.2, 0) is 0 Å². The van der Waals surface area contributed by atoms with Crippen LogP contribution in [0, 0.1) is 11.8 Å². The molecule has 5 nitrogen and oxygen atoms in total. The fourth-order valence-corrected chi connectivity index (χ4v) is 4.46. The van der Waals surface area contributed by atoms with Crippen LogP contribution >= 0.6 is 0 Å². The highest BCUT2D eigenvalue weighted by Crippen LogP contribution is 2.27. The summed E-state index contributed by atoms with van der Waals surface area (Å²) < 4.78 is 5.99. The summed E-state index contributed by atoms with van der Waals surface area (Å²) in [7, 11) is 0. The Morgan fingerprint density at radius 3 is 2.66 bits per heavy atom. The monoisotopic (exact) mass is 400 g/mol. The lowest BCUT2D eigenvalue weighted by Gasteiger charge is -2.33. The molecule has 1 atom stereocenters. The second kappa shape index (κ2) is 12.1. The quantitative estimate of drug-likeness (QED) is 0.377. The van der Waals surface area contributed by atoms with Gasteiger partial charge in [0.25, 0.3) is 0 Å². The Bertz CT molecular complexity index is 610. The Morgan fingerprint density at radius 2 is 1.93 bits per heavy atom. The number of nitrogens with two attached hydrogens (primary N) is 1. The van der Waals surface area contributed by atoms with Crippen LogP contribution < -0.4 is 15.8 Å². The van der Waals surface area contributed by atoms with Crippen LogP contribution in [0.25, 0.3) is 0 Å². The number of benzene rings is 1. The van der Waals surface area contributed by atoms with Crippen molar-refractivity contribution in [2.24, 2.45) is 22.6 Å². The van der Waals surface area contributed by atoms with Crippen LogP contribution in [0.5, 0.6) is 5.75 Å². The van der Waals surface area contributed by atoms with Gasteiger partial charge < -0.3 is 20.7 Å². The largest absolute Gasteiger partial charge is 0.494 e. The van der Waals surface area contributed by atoms with E-state index >= 15 is 0 Å². The third kappa shape index (κ3) is 7.54. The van der Waals surface area contributed by atoms with E-state index in [-0.39, 0.29) is 0 Å². The zero-order valence-electron chi connectivity index (χ0n) is 18.2. The van der Waals surface area contributed by atoms with Crippen molar-refractivity contribution < 1.29 is 4.74 Å². The van der Waals surface area contributed by atoms with Gasteiger partial charge in [0.15, 0.2) is 5.96 Å². The van der Waals surface area contributed by atoms with Crippen LogP contribution in [0.1, 0.15) is 64.7 Å². The standard InChI is InChI=1S/C24H40N4O/c1-20-7-5-17-28(19-20)24(26-16-6-15-25)27-22-10-12-23(13-11-22)29-18-14-21-8-3-2-4-9-21/h10-13,20-21H,2-9,14-19,25H2,1H3,(H,26,27). The maximum Gasteiger partial charge on any atom is 0.199 e. The Balaban J connectivity index is 1.55. The first-order chi connectivity index (χ1) is 14.2. The second-order valence-corrected chi connectivity index (χ2v) is 8.83. The summed E-state index contributed by atoms with van der Waals surface area (Å²) in [6.07, 6.45) is 11.6. The van der Waals surface area contributed by atoms with Gasteiger partial charge in [0.1, 0.15) is 5.75 Å². The van der Waals surface area contributed by atoms with Gasteiger partial charge >= 0.3 is 0 Å². The molecule has 1 unspecified atom stereocenters. The summed E-state index contributed by atoms with van der Waals surface area (Å²) >= 11 is 0.